The molecule has 1 amide bonds. The SMILES string of the molecule is COc1cc(C(=O)N2CCC[C@H]2CO)c([N+](=O)[O-])cc1OCCCC(C)=O.COc1cc(C(=O)O)c([N+](=O)[O-])cc1OCCCC(C)=O.OC[C@@H]1CCCN1. The smallest absolute Gasteiger partial charge is 0.342 e. The van der Waals surface area contributed by atoms with Gasteiger partial charge in [-0.1, -0.05) is 0 Å². The molecule has 0 radical (unpaired) electrons. The highest BCUT2D eigenvalue weighted by Gasteiger charge is 2.34. The predicted molar refractivity (Wildman–Crippen MR) is 196 cm³/mol. The van der Waals surface area contributed by atoms with Gasteiger partial charge in [0.1, 0.15) is 22.7 Å². The second-order valence-corrected chi connectivity index (χ2v) is 12.6. The van der Waals surface area contributed by atoms with Crippen LogP contribution in [0.15, 0.2) is 24.3 Å². The van der Waals surface area contributed by atoms with Gasteiger partial charge in [-0.25, -0.2) is 4.79 Å². The molecule has 0 saturated carbocycles. The van der Waals surface area contributed by atoms with Gasteiger partial charge in [-0.05, 0) is 58.9 Å². The van der Waals surface area contributed by atoms with Gasteiger partial charge in [-0.15, -0.1) is 0 Å². The van der Waals surface area contributed by atoms with Crippen LogP contribution in [0.3, 0.4) is 0 Å². The van der Waals surface area contributed by atoms with Crippen LogP contribution < -0.4 is 24.3 Å². The van der Waals surface area contributed by atoms with Gasteiger partial charge < -0.3 is 54.1 Å². The largest absolute Gasteiger partial charge is 0.493 e. The van der Waals surface area contributed by atoms with Crippen molar-refractivity contribution in [2.75, 3.05) is 53.7 Å². The van der Waals surface area contributed by atoms with Crippen LogP contribution in [-0.4, -0.2) is 119 Å². The van der Waals surface area contributed by atoms with Crippen LogP contribution in [0.25, 0.3) is 0 Å². The topological polar surface area (TPSA) is 267 Å². The van der Waals surface area contributed by atoms with Gasteiger partial charge in [0.2, 0.25) is 0 Å². The number of hydrogen-bond donors (Lipinski definition) is 4. The van der Waals surface area contributed by atoms with E-state index in [0.717, 1.165) is 31.5 Å². The number of aromatic carboxylic acids is 1. The number of aliphatic hydroxyl groups excluding tert-OH is 2. The molecule has 2 aliphatic rings. The van der Waals surface area contributed by atoms with Crippen molar-refractivity contribution in [3.05, 3.63) is 55.6 Å². The molecular formula is C36H50N4O15. The summed E-state index contributed by atoms with van der Waals surface area (Å²) >= 11 is 0. The number of benzene rings is 2. The Bertz CT molecular complexity index is 1650. The lowest BCUT2D eigenvalue weighted by Gasteiger charge is -2.23. The molecule has 4 rings (SSSR count). The summed E-state index contributed by atoms with van der Waals surface area (Å²) in [5.41, 5.74) is -1.54. The molecule has 0 aliphatic carbocycles. The minimum absolute atomic E-state index is 0.0118. The highest BCUT2D eigenvalue weighted by molar-refractivity contribution is 5.99. The van der Waals surface area contributed by atoms with Gasteiger partial charge in [0.15, 0.2) is 23.0 Å². The Kier molecular flexibility index (Phi) is 19.5. The van der Waals surface area contributed by atoms with Crippen molar-refractivity contribution in [1.82, 2.24) is 10.2 Å². The maximum Gasteiger partial charge on any atom is 0.342 e. The zero-order chi connectivity index (χ0) is 41.1. The van der Waals surface area contributed by atoms with E-state index < -0.39 is 33.0 Å². The molecule has 0 bridgehead atoms. The fourth-order valence-corrected chi connectivity index (χ4v) is 5.65. The van der Waals surface area contributed by atoms with Crippen LogP contribution in [0.5, 0.6) is 23.0 Å². The number of ketones is 2. The van der Waals surface area contributed by atoms with E-state index in [4.69, 9.17) is 29.2 Å². The number of likely N-dealkylation sites (tertiary alicyclic amines) is 1. The Morgan fingerprint density at radius 1 is 0.782 bits per heavy atom. The molecule has 4 N–H and O–H groups in total. The van der Waals surface area contributed by atoms with Gasteiger partial charge in [-0.3, -0.25) is 25.0 Å². The highest BCUT2D eigenvalue weighted by atomic mass is 16.6. The number of carboxylic acid groups (broad SMARTS) is 1. The zero-order valence-electron chi connectivity index (χ0n) is 31.4. The summed E-state index contributed by atoms with van der Waals surface area (Å²) in [6.07, 6.45) is 5.37. The molecule has 0 aromatic heterocycles. The number of carboxylic acids is 1. The van der Waals surface area contributed by atoms with E-state index in [2.05, 4.69) is 5.32 Å². The molecule has 55 heavy (non-hydrogen) atoms. The van der Waals surface area contributed by atoms with Crippen molar-refractivity contribution < 1.29 is 63.3 Å². The number of carbonyl (C=O) groups is 4. The quantitative estimate of drug-likeness (QED) is 0.0954. The fraction of sp³-hybridized carbons (Fsp3) is 0.556. The van der Waals surface area contributed by atoms with E-state index in [9.17, 15) is 44.5 Å². The number of ether oxygens (including phenoxy) is 4. The van der Waals surface area contributed by atoms with Crippen molar-refractivity contribution in [2.24, 2.45) is 0 Å². The third-order valence-electron chi connectivity index (χ3n) is 8.51. The van der Waals surface area contributed by atoms with Gasteiger partial charge in [0, 0.05) is 37.6 Å². The van der Waals surface area contributed by atoms with Gasteiger partial charge in [0.25, 0.3) is 17.3 Å². The highest BCUT2D eigenvalue weighted by Crippen LogP contribution is 2.37. The zero-order valence-corrected chi connectivity index (χ0v) is 31.4. The summed E-state index contributed by atoms with van der Waals surface area (Å²) in [5.74, 6) is -1.41. The minimum atomic E-state index is -1.43. The molecule has 2 aliphatic heterocycles. The molecule has 19 heteroatoms. The summed E-state index contributed by atoms with van der Waals surface area (Å²) in [6.45, 7) is 4.93. The van der Waals surface area contributed by atoms with Crippen molar-refractivity contribution >= 4 is 34.8 Å². The van der Waals surface area contributed by atoms with Gasteiger partial charge >= 0.3 is 5.97 Å². The maximum atomic E-state index is 12.8. The Morgan fingerprint density at radius 2 is 1.29 bits per heavy atom. The van der Waals surface area contributed by atoms with Crippen molar-refractivity contribution in [3.8, 4) is 23.0 Å². The first kappa shape index (κ1) is 45.8. The molecule has 2 atom stereocenters. The standard InChI is InChI=1S/C18H24N2O7.C13H15NO7.C5H11NO/c1-12(22)5-4-8-27-17-10-15(20(24)25)14(9-16(17)26-2)18(23)19-7-3-6-13(19)11-21;1-8(15)4-3-5-21-12-7-10(14(18)19)9(13(16)17)6-11(12)20-2;7-4-5-2-1-3-6-5/h9-10,13,21H,3-8,11H2,1-2H3;6-7H,3-5H2,1-2H3,(H,16,17);5-7H,1-4H2/t13-;;5-/m0.0/s1. The van der Waals surface area contributed by atoms with Crippen LogP contribution in [0, 0.1) is 20.2 Å². The molecule has 2 saturated heterocycles. The van der Waals surface area contributed by atoms with Gasteiger partial charge in [0.05, 0.1) is 68.7 Å². The molecule has 2 aromatic carbocycles. The Labute approximate surface area is 317 Å². The Hall–Kier alpha value is -5.40. The molecule has 2 fully saturated rings. The lowest BCUT2D eigenvalue weighted by Crippen LogP contribution is -2.37. The van der Waals surface area contributed by atoms with Crippen LogP contribution in [0.4, 0.5) is 11.4 Å². The number of nitrogens with one attached hydrogen (secondary N) is 1. The maximum absolute atomic E-state index is 12.8. The van der Waals surface area contributed by atoms with Crippen molar-refractivity contribution in [3.63, 3.8) is 0 Å². The number of methoxy groups -OCH3 is 2. The van der Waals surface area contributed by atoms with Gasteiger partial charge in [-0.2, -0.15) is 0 Å². The summed E-state index contributed by atoms with van der Waals surface area (Å²) in [7, 11) is 2.68. The lowest BCUT2D eigenvalue weighted by molar-refractivity contribution is -0.385. The molecule has 0 unspecified atom stereocenters. The predicted octanol–water partition coefficient (Wildman–Crippen LogP) is 3.73. The van der Waals surface area contributed by atoms with Crippen molar-refractivity contribution in [1.29, 1.82) is 0 Å². The fourth-order valence-electron chi connectivity index (χ4n) is 5.65. The number of nitro benzene ring substituents is 2. The Balaban J connectivity index is 0.000000329. The average molecular weight is 779 g/mol. The first-order chi connectivity index (χ1) is 26.2. The first-order valence-electron chi connectivity index (χ1n) is 17.7. The number of rotatable bonds is 18. The number of Topliss-reactive ketones (excluding diaryl/α,β-unsaturated/α-hetero) is 2. The second-order valence-electron chi connectivity index (χ2n) is 12.6. The summed E-state index contributed by atoms with van der Waals surface area (Å²) < 4.78 is 21.1. The number of carbonyl (C=O) groups excluding carboxylic acids is 3. The lowest BCUT2D eigenvalue weighted by atomic mass is 10.1. The first-order valence-corrected chi connectivity index (χ1v) is 17.7. The molecule has 0 spiro atoms. The van der Waals surface area contributed by atoms with Crippen LogP contribution in [-0.2, 0) is 9.59 Å². The summed E-state index contributed by atoms with van der Waals surface area (Å²) in [4.78, 5) is 68.1. The van der Waals surface area contributed by atoms with Crippen LogP contribution in [0.1, 0.15) is 85.9 Å². The molecule has 2 aromatic rings. The molecule has 19 nitrogen and oxygen atoms in total. The molecule has 2 heterocycles. The molecule has 304 valence electrons. The van der Waals surface area contributed by atoms with Crippen LogP contribution in [0.2, 0.25) is 0 Å². The third-order valence-corrected chi connectivity index (χ3v) is 8.51. The van der Waals surface area contributed by atoms with E-state index in [1.165, 1.54) is 51.5 Å². The normalized spacial score (nSPS) is 15.8. The number of amides is 1. The third kappa shape index (κ3) is 14.4. The van der Waals surface area contributed by atoms with E-state index in [1.807, 2.05) is 0 Å². The number of nitrogens with zero attached hydrogens (tertiary/aromatic N) is 3. The van der Waals surface area contributed by atoms with E-state index in [0.29, 0.717) is 51.3 Å². The summed E-state index contributed by atoms with van der Waals surface area (Å²) in [6, 6.07) is 4.58. The second kappa shape index (κ2) is 23.4. The average Bonchev–Trinajstić information content (AvgIpc) is 3.87. The van der Waals surface area contributed by atoms with E-state index >= 15 is 0 Å². The minimum Gasteiger partial charge on any atom is -0.493 e. The number of aliphatic hydroxyl groups is 2. The summed E-state index contributed by atoms with van der Waals surface area (Å²) in [5, 5.41) is 52.4. The van der Waals surface area contributed by atoms with E-state index in [1.54, 1.807) is 0 Å². The van der Waals surface area contributed by atoms with Crippen molar-refractivity contribution in [2.45, 2.75) is 77.3 Å². The molecular weight excluding hydrogens is 728 g/mol. The van der Waals surface area contributed by atoms with Crippen LogP contribution >= 0.6 is 0 Å². The number of nitro groups is 2. The number of hydrogen-bond acceptors (Lipinski definition) is 15. The van der Waals surface area contributed by atoms with E-state index in [-0.39, 0.29) is 71.7 Å². The Morgan fingerprint density at radius 3 is 1.67 bits per heavy atom. The monoisotopic (exact) mass is 778 g/mol.